The first-order valence-electron chi connectivity index (χ1n) is 10.6. The molecule has 2 N–H and O–H groups in total. The van der Waals surface area contributed by atoms with Gasteiger partial charge in [-0.15, -0.1) is 0 Å². The summed E-state index contributed by atoms with van der Waals surface area (Å²) in [4.78, 5) is 7.26. The minimum atomic E-state index is 0.439. The molecule has 2 heterocycles. The molecule has 1 atom stereocenters. The Kier molecular flexibility index (Phi) is 7.94. The molecule has 1 aliphatic rings. The van der Waals surface area contributed by atoms with Crippen molar-refractivity contribution in [2.24, 2.45) is 4.99 Å². The van der Waals surface area contributed by atoms with Gasteiger partial charge in [0.25, 0.3) is 0 Å². The lowest BCUT2D eigenvalue weighted by Crippen LogP contribution is -2.49. The van der Waals surface area contributed by atoms with Crippen LogP contribution in [0.15, 0.2) is 70.3 Å². The summed E-state index contributed by atoms with van der Waals surface area (Å²) in [5.41, 5.74) is 2.45. The van der Waals surface area contributed by atoms with Gasteiger partial charge in [0, 0.05) is 38.1 Å². The molecule has 1 fully saturated rings. The number of piperidine rings is 1. The number of furan rings is 1. The van der Waals surface area contributed by atoms with Gasteiger partial charge in [-0.3, -0.25) is 4.90 Å². The number of nitrogens with one attached hydrogen (secondary N) is 2. The van der Waals surface area contributed by atoms with Crippen LogP contribution in [0, 0.1) is 0 Å². The minimum Gasteiger partial charge on any atom is -0.469 e. The molecule has 2 aromatic rings. The van der Waals surface area contributed by atoms with Crippen LogP contribution in [-0.2, 0) is 6.42 Å². The van der Waals surface area contributed by atoms with Gasteiger partial charge in [-0.1, -0.05) is 42.5 Å². The largest absolute Gasteiger partial charge is 0.469 e. The summed E-state index contributed by atoms with van der Waals surface area (Å²) in [6.45, 7) is 11.9. The van der Waals surface area contributed by atoms with Crippen molar-refractivity contribution in [1.29, 1.82) is 0 Å². The highest BCUT2D eigenvalue weighted by Crippen LogP contribution is 2.23. The highest BCUT2D eigenvalue weighted by Gasteiger charge is 2.24. The zero-order chi connectivity index (χ0) is 20.5. The van der Waals surface area contributed by atoms with E-state index in [1.165, 1.54) is 5.56 Å². The van der Waals surface area contributed by atoms with Crippen LogP contribution in [-0.4, -0.2) is 43.1 Å². The number of hydrogen-bond acceptors (Lipinski definition) is 3. The summed E-state index contributed by atoms with van der Waals surface area (Å²) >= 11 is 0. The Bertz CT molecular complexity index is 761. The van der Waals surface area contributed by atoms with E-state index in [0.717, 1.165) is 56.2 Å². The van der Waals surface area contributed by atoms with Gasteiger partial charge < -0.3 is 15.1 Å². The Morgan fingerprint density at radius 2 is 1.97 bits per heavy atom. The first kappa shape index (κ1) is 21.2. The Hall–Kier alpha value is -2.53. The number of likely N-dealkylation sites (tertiary alicyclic amines) is 1. The van der Waals surface area contributed by atoms with Crippen molar-refractivity contribution in [1.82, 2.24) is 15.5 Å². The van der Waals surface area contributed by atoms with Crippen molar-refractivity contribution in [2.75, 3.05) is 26.2 Å². The third-order valence-corrected chi connectivity index (χ3v) is 5.45. The van der Waals surface area contributed by atoms with E-state index in [-0.39, 0.29) is 0 Å². The Labute approximate surface area is 174 Å². The van der Waals surface area contributed by atoms with E-state index in [4.69, 9.17) is 4.42 Å². The number of guanidine groups is 1. The fourth-order valence-electron chi connectivity index (χ4n) is 3.69. The Balaban J connectivity index is 1.49. The van der Waals surface area contributed by atoms with Crippen LogP contribution in [0.25, 0.3) is 0 Å². The van der Waals surface area contributed by atoms with Crippen molar-refractivity contribution in [3.63, 3.8) is 0 Å². The lowest BCUT2D eigenvalue weighted by atomic mass is 10.0. The average Bonchev–Trinajstić information content (AvgIpc) is 3.26. The molecule has 1 aliphatic heterocycles. The van der Waals surface area contributed by atoms with E-state index < -0.39 is 0 Å². The molecule has 1 saturated heterocycles. The standard InChI is InChI=1S/C24H34N4O/c1-19(2)18-26-24(25-14-11-23-10-7-17-29-23)27-22-12-15-28(16-13-22)20(3)21-8-5-4-6-9-21/h4-10,17,20,22H,1,11-16,18H2,2-3H3,(H2,25,26,27). The van der Waals surface area contributed by atoms with Gasteiger partial charge in [-0.2, -0.15) is 0 Å². The zero-order valence-corrected chi connectivity index (χ0v) is 17.7. The molecular formula is C24H34N4O. The van der Waals surface area contributed by atoms with Crippen LogP contribution in [0.3, 0.4) is 0 Å². The molecule has 0 radical (unpaired) electrons. The fraction of sp³-hybridized carbons (Fsp3) is 0.458. The molecule has 0 spiro atoms. The van der Waals surface area contributed by atoms with Crippen molar-refractivity contribution in [3.8, 4) is 0 Å². The molecule has 0 bridgehead atoms. The van der Waals surface area contributed by atoms with E-state index >= 15 is 0 Å². The molecule has 5 heteroatoms. The number of benzene rings is 1. The van der Waals surface area contributed by atoms with Crippen LogP contribution < -0.4 is 10.6 Å². The van der Waals surface area contributed by atoms with Crippen molar-refractivity contribution < 1.29 is 4.42 Å². The molecule has 1 aromatic carbocycles. The first-order valence-corrected chi connectivity index (χ1v) is 10.6. The van der Waals surface area contributed by atoms with Gasteiger partial charge >= 0.3 is 0 Å². The second kappa shape index (κ2) is 10.9. The fourth-order valence-corrected chi connectivity index (χ4v) is 3.69. The van der Waals surface area contributed by atoms with Gasteiger partial charge in [-0.25, -0.2) is 4.99 Å². The normalized spacial score (nSPS) is 17.1. The SMILES string of the molecule is C=C(C)CN=C(NCCc1ccco1)NC1CCN(C(C)c2ccccc2)CC1. The highest BCUT2D eigenvalue weighted by atomic mass is 16.3. The maximum Gasteiger partial charge on any atom is 0.191 e. The molecule has 1 aromatic heterocycles. The monoisotopic (exact) mass is 394 g/mol. The van der Waals surface area contributed by atoms with E-state index in [2.05, 4.69) is 64.4 Å². The van der Waals surface area contributed by atoms with Crippen LogP contribution in [0.2, 0.25) is 0 Å². The summed E-state index contributed by atoms with van der Waals surface area (Å²) in [5, 5.41) is 7.08. The molecular weight excluding hydrogens is 360 g/mol. The van der Waals surface area contributed by atoms with Crippen LogP contribution >= 0.6 is 0 Å². The third-order valence-electron chi connectivity index (χ3n) is 5.45. The summed E-state index contributed by atoms with van der Waals surface area (Å²) < 4.78 is 5.41. The summed E-state index contributed by atoms with van der Waals surface area (Å²) in [6.07, 6.45) is 4.79. The van der Waals surface area contributed by atoms with Gasteiger partial charge in [0.15, 0.2) is 5.96 Å². The molecule has 0 amide bonds. The lowest BCUT2D eigenvalue weighted by molar-refractivity contribution is 0.158. The number of aliphatic imine (C=N–C) groups is 1. The smallest absolute Gasteiger partial charge is 0.191 e. The molecule has 0 saturated carbocycles. The van der Waals surface area contributed by atoms with Crippen LogP contribution in [0.1, 0.15) is 44.1 Å². The van der Waals surface area contributed by atoms with Crippen LogP contribution in [0.4, 0.5) is 0 Å². The summed E-state index contributed by atoms with van der Waals surface area (Å²) in [6, 6.07) is 15.6. The first-order chi connectivity index (χ1) is 14.1. The van der Waals surface area contributed by atoms with Gasteiger partial charge in [0.1, 0.15) is 5.76 Å². The van der Waals surface area contributed by atoms with Gasteiger partial charge in [0.05, 0.1) is 12.8 Å². The van der Waals surface area contributed by atoms with E-state index in [9.17, 15) is 0 Å². The predicted octanol–water partition coefficient (Wildman–Crippen LogP) is 4.16. The molecule has 1 unspecified atom stereocenters. The lowest BCUT2D eigenvalue weighted by Gasteiger charge is -2.37. The highest BCUT2D eigenvalue weighted by molar-refractivity contribution is 5.80. The number of rotatable bonds is 8. The maximum absolute atomic E-state index is 5.41. The van der Waals surface area contributed by atoms with E-state index in [1.807, 2.05) is 19.1 Å². The number of hydrogen-bond donors (Lipinski definition) is 2. The maximum atomic E-state index is 5.41. The topological polar surface area (TPSA) is 52.8 Å². The van der Waals surface area contributed by atoms with Crippen molar-refractivity contribution >= 4 is 5.96 Å². The van der Waals surface area contributed by atoms with Gasteiger partial charge in [-0.05, 0) is 44.4 Å². The number of nitrogens with zero attached hydrogens (tertiary/aromatic N) is 2. The molecule has 156 valence electrons. The molecule has 3 rings (SSSR count). The molecule has 29 heavy (non-hydrogen) atoms. The predicted molar refractivity (Wildman–Crippen MR) is 120 cm³/mol. The van der Waals surface area contributed by atoms with E-state index in [0.29, 0.717) is 18.6 Å². The Morgan fingerprint density at radius 3 is 2.62 bits per heavy atom. The van der Waals surface area contributed by atoms with Gasteiger partial charge in [0.2, 0.25) is 0 Å². The second-order valence-corrected chi connectivity index (χ2v) is 7.92. The molecule has 0 aliphatic carbocycles. The van der Waals surface area contributed by atoms with Crippen LogP contribution in [0.5, 0.6) is 0 Å². The molecule has 5 nitrogen and oxygen atoms in total. The quantitative estimate of drug-likeness (QED) is 0.401. The third kappa shape index (κ3) is 6.79. The van der Waals surface area contributed by atoms with E-state index in [1.54, 1.807) is 6.26 Å². The average molecular weight is 395 g/mol. The van der Waals surface area contributed by atoms with Crippen molar-refractivity contribution in [3.05, 3.63) is 72.2 Å². The van der Waals surface area contributed by atoms with Crippen molar-refractivity contribution in [2.45, 2.75) is 45.2 Å². The zero-order valence-electron chi connectivity index (χ0n) is 17.7. The second-order valence-electron chi connectivity index (χ2n) is 7.92. The summed E-state index contributed by atoms with van der Waals surface area (Å²) in [7, 11) is 0. The Morgan fingerprint density at radius 1 is 1.21 bits per heavy atom. The minimum absolute atomic E-state index is 0.439. The summed E-state index contributed by atoms with van der Waals surface area (Å²) in [5.74, 6) is 1.86.